The van der Waals surface area contributed by atoms with Crippen LogP contribution in [-0.2, 0) is 9.84 Å². The van der Waals surface area contributed by atoms with Gasteiger partial charge in [-0.1, -0.05) is 12.8 Å². The molecule has 0 radical (unpaired) electrons. The molecule has 18 heavy (non-hydrogen) atoms. The first-order chi connectivity index (χ1) is 8.53. The number of rotatable bonds is 1. The minimum Gasteiger partial charge on any atom is -0.370 e. The van der Waals surface area contributed by atoms with Crippen molar-refractivity contribution in [1.82, 2.24) is 4.90 Å². The highest BCUT2D eigenvalue weighted by Gasteiger charge is 2.48. The van der Waals surface area contributed by atoms with E-state index in [-0.39, 0.29) is 5.54 Å². The van der Waals surface area contributed by atoms with E-state index < -0.39 is 9.84 Å². The molecule has 0 aromatic rings. The second-order valence-corrected chi connectivity index (χ2v) is 8.16. The van der Waals surface area contributed by atoms with Gasteiger partial charge in [0.05, 0.1) is 23.6 Å². The molecule has 0 aromatic carbocycles. The number of sulfone groups is 1. The molecular formula is C12H21N3O2S. The summed E-state index contributed by atoms with van der Waals surface area (Å²) in [6.45, 7) is 0.685. The predicted molar refractivity (Wildman–Crippen MR) is 71.2 cm³/mol. The van der Waals surface area contributed by atoms with Crippen molar-refractivity contribution < 1.29 is 8.42 Å². The Balaban J connectivity index is 1.83. The number of nitrogens with zero attached hydrogens (tertiary/aromatic N) is 2. The third kappa shape index (κ3) is 1.90. The molecule has 102 valence electrons. The maximum absolute atomic E-state index is 11.6. The van der Waals surface area contributed by atoms with Gasteiger partial charge in [-0.2, -0.15) is 0 Å². The van der Waals surface area contributed by atoms with Gasteiger partial charge in [-0.15, -0.1) is 0 Å². The van der Waals surface area contributed by atoms with Crippen molar-refractivity contribution in [2.75, 3.05) is 18.1 Å². The SMILES string of the molecule is NC1=NCC2(CCS(=O)(=O)CC2)N1C1CCCC1. The topological polar surface area (TPSA) is 75.8 Å². The molecule has 2 aliphatic heterocycles. The molecular weight excluding hydrogens is 250 g/mol. The van der Waals surface area contributed by atoms with E-state index in [4.69, 9.17) is 5.73 Å². The molecule has 0 amide bonds. The van der Waals surface area contributed by atoms with Crippen LogP contribution in [0.15, 0.2) is 4.99 Å². The minimum absolute atomic E-state index is 0.0928. The normalized spacial score (nSPS) is 30.9. The molecule has 2 heterocycles. The largest absolute Gasteiger partial charge is 0.370 e. The van der Waals surface area contributed by atoms with Gasteiger partial charge in [-0.3, -0.25) is 4.99 Å². The summed E-state index contributed by atoms with van der Waals surface area (Å²) in [4.78, 5) is 6.68. The molecule has 1 saturated heterocycles. The Morgan fingerprint density at radius 1 is 1.22 bits per heavy atom. The van der Waals surface area contributed by atoms with Crippen LogP contribution < -0.4 is 5.73 Å². The maximum atomic E-state index is 11.6. The third-order valence-electron chi connectivity index (χ3n) is 4.74. The average Bonchev–Trinajstić information content (AvgIpc) is 2.92. The lowest BCUT2D eigenvalue weighted by Crippen LogP contribution is -2.58. The summed E-state index contributed by atoms with van der Waals surface area (Å²) >= 11 is 0. The fourth-order valence-electron chi connectivity index (χ4n) is 3.68. The Bertz CT molecular complexity index is 452. The van der Waals surface area contributed by atoms with E-state index in [2.05, 4.69) is 9.89 Å². The van der Waals surface area contributed by atoms with Gasteiger partial charge in [-0.05, 0) is 25.7 Å². The lowest BCUT2D eigenvalue weighted by atomic mass is 9.89. The van der Waals surface area contributed by atoms with Crippen LogP contribution in [0.2, 0.25) is 0 Å². The highest BCUT2D eigenvalue weighted by atomic mass is 32.2. The fraction of sp³-hybridized carbons (Fsp3) is 0.917. The summed E-state index contributed by atoms with van der Waals surface area (Å²) in [6.07, 6.45) is 6.23. The quantitative estimate of drug-likeness (QED) is 0.754. The Morgan fingerprint density at radius 2 is 1.83 bits per heavy atom. The van der Waals surface area contributed by atoms with Gasteiger partial charge < -0.3 is 10.6 Å². The minimum atomic E-state index is -2.83. The summed E-state index contributed by atoms with van der Waals surface area (Å²) < 4.78 is 23.2. The van der Waals surface area contributed by atoms with Crippen molar-refractivity contribution in [3.05, 3.63) is 0 Å². The molecule has 0 aromatic heterocycles. The summed E-state index contributed by atoms with van der Waals surface area (Å²) in [5.41, 5.74) is 5.97. The molecule has 2 fully saturated rings. The predicted octanol–water partition coefficient (Wildman–Crippen LogP) is 0.507. The Labute approximate surface area is 108 Å². The zero-order chi connectivity index (χ0) is 12.8. The molecule has 0 atom stereocenters. The Kier molecular flexibility index (Phi) is 2.80. The van der Waals surface area contributed by atoms with Gasteiger partial charge in [0.2, 0.25) is 0 Å². The third-order valence-corrected chi connectivity index (χ3v) is 6.39. The standard InChI is InChI=1S/C12H21N3O2S/c13-11-14-9-12(5-7-18(16,17)8-6-12)15(11)10-3-1-2-4-10/h10H,1-9H2,(H2,13,14). The summed E-state index contributed by atoms with van der Waals surface area (Å²) in [5, 5.41) is 0. The number of hydrogen-bond donors (Lipinski definition) is 1. The molecule has 1 saturated carbocycles. The molecule has 1 aliphatic carbocycles. The summed E-state index contributed by atoms with van der Waals surface area (Å²) in [5.74, 6) is 1.22. The van der Waals surface area contributed by atoms with Gasteiger partial charge in [0.1, 0.15) is 0 Å². The van der Waals surface area contributed by atoms with E-state index >= 15 is 0 Å². The lowest BCUT2D eigenvalue weighted by Gasteiger charge is -2.45. The zero-order valence-electron chi connectivity index (χ0n) is 10.6. The summed E-state index contributed by atoms with van der Waals surface area (Å²) in [7, 11) is -2.83. The smallest absolute Gasteiger partial charge is 0.192 e. The second kappa shape index (κ2) is 4.11. The van der Waals surface area contributed by atoms with Crippen molar-refractivity contribution in [3.8, 4) is 0 Å². The molecule has 0 unspecified atom stereocenters. The van der Waals surface area contributed by atoms with Crippen molar-refractivity contribution >= 4 is 15.8 Å². The van der Waals surface area contributed by atoms with Crippen LogP contribution in [0.3, 0.4) is 0 Å². The average molecular weight is 271 g/mol. The van der Waals surface area contributed by atoms with E-state index in [1.807, 2.05) is 0 Å². The fourth-order valence-corrected chi connectivity index (χ4v) is 5.26. The van der Waals surface area contributed by atoms with E-state index in [9.17, 15) is 8.42 Å². The van der Waals surface area contributed by atoms with E-state index in [1.165, 1.54) is 25.7 Å². The maximum Gasteiger partial charge on any atom is 0.192 e. The van der Waals surface area contributed by atoms with Crippen molar-refractivity contribution in [1.29, 1.82) is 0 Å². The van der Waals surface area contributed by atoms with Crippen molar-refractivity contribution in [2.24, 2.45) is 10.7 Å². The van der Waals surface area contributed by atoms with Gasteiger partial charge in [0.25, 0.3) is 0 Å². The molecule has 0 bridgehead atoms. The first-order valence-electron chi connectivity index (χ1n) is 6.82. The van der Waals surface area contributed by atoms with Crippen molar-refractivity contribution in [3.63, 3.8) is 0 Å². The monoisotopic (exact) mass is 271 g/mol. The summed E-state index contributed by atoms with van der Waals surface area (Å²) in [6, 6.07) is 0.483. The lowest BCUT2D eigenvalue weighted by molar-refractivity contribution is 0.135. The number of nitrogens with two attached hydrogens (primary N) is 1. The highest BCUT2D eigenvalue weighted by molar-refractivity contribution is 7.91. The number of guanidine groups is 1. The molecule has 6 heteroatoms. The van der Waals surface area contributed by atoms with Crippen LogP contribution in [0.1, 0.15) is 38.5 Å². The molecule has 3 rings (SSSR count). The van der Waals surface area contributed by atoms with E-state index in [0.717, 1.165) is 0 Å². The Morgan fingerprint density at radius 3 is 2.44 bits per heavy atom. The van der Waals surface area contributed by atoms with Crippen LogP contribution in [0.25, 0.3) is 0 Å². The van der Waals surface area contributed by atoms with Crippen molar-refractivity contribution in [2.45, 2.75) is 50.1 Å². The van der Waals surface area contributed by atoms with E-state index in [1.54, 1.807) is 0 Å². The first kappa shape index (κ1) is 12.3. The molecule has 1 spiro atoms. The Hall–Kier alpha value is -0.780. The molecule has 2 N–H and O–H groups in total. The van der Waals surface area contributed by atoms with Gasteiger partial charge in [0.15, 0.2) is 15.8 Å². The molecule has 3 aliphatic rings. The van der Waals surface area contributed by atoms with Crippen LogP contribution in [0.5, 0.6) is 0 Å². The van der Waals surface area contributed by atoms with Gasteiger partial charge in [-0.25, -0.2) is 8.42 Å². The van der Waals surface area contributed by atoms with Crippen LogP contribution in [-0.4, -0.2) is 48.9 Å². The highest BCUT2D eigenvalue weighted by Crippen LogP contribution is 2.39. The van der Waals surface area contributed by atoms with E-state index in [0.29, 0.717) is 42.9 Å². The number of hydrogen-bond acceptors (Lipinski definition) is 5. The van der Waals surface area contributed by atoms with Crippen LogP contribution >= 0.6 is 0 Å². The number of aliphatic imine (C=N–C) groups is 1. The van der Waals surface area contributed by atoms with Gasteiger partial charge >= 0.3 is 0 Å². The van der Waals surface area contributed by atoms with Gasteiger partial charge in [0, 0.05) is 6.04 Å². The second-order valence-electron chi connectivity index (χ2n) is 5.86. The van der Waals surface area contributed by atoms with Crippen LogP contribution in [0.4, 0.5) is 0 Å². The zero-order valence-corrected chi connectivity index (χ0v) is 11.5. The van der Waals surface area contributed by atoms with Crippen LogP contribution in [0, 0.1) is 0 Å². The first-order valence-corrected chi connectivity index (χ1v) is 8.64. The molecule has 5 nitrogen and oxygen atoms in total.